The molecule has 3 rings (SSSR count). The number of aromatic nitrogens is 1. The van der Waals surface area contributed by atoms with Crippen molar-refractivity contribution in [3.05, 3.63) is 36.0 Å². The van der Waals surface area contributed by atoms with E-state index in [9.17, 15) is 0 Å². The van der Waals surface area contributed by atoms with E-state index in [0.717, 1.165) is 13.1 Å². The van der Waals surface area contributed by atoms with E-state index in [1.165, 1.54) is 29.3 Å². The van der Waals surface area contributed by atoms with Crippen molar-refractivity contribution in [3.8, 4) is 0 Å². The molecule has 1 aromatic heterocycles. The van der Waals surface area contributed by atoms with Gasteiger partial charge in [-0.15, -0.1) is 0 Å². The summed E-state index contributed by atoms with van der Waals surface area (Å²) >= 11 is 4.49. The first-order chi connectivity index (χ1) is 7.86. The lowest BCUT2D eigenvalue weighted by Crippen LogP contribution is -2.26. The van der Waals surface area contributed by atoms with Crippen LogP contribution in [0.4, 0.5) is 0 Å². The highest BCUT2D eigenvalue weighted by molar-refractivity contribution is 7.78. The fourth-order valence-electron chi connectivity index (χ4n) is 2.65. The predicted octanol–water partition coefficient (Wildman–Crippen LogP) is 2.80. The summed E-state index contributed by atoms with van der Waals surface area (Å²) in [6.07, 6.45) is 4.66. The number of nitrogens with one attached hydrogen (secondary N) is 1. The van der Waals surface area contributed by atoms with Crippen molar-refractivity contribution in [3.63, 3.8) is 0 Å². The Morgan fingerprint density at radius 3 is 2.75 bits per heavy atom. The van der Waals surface area contributed by atoms with Gasteiger partial charge in [-0.3, -0.25) is 3.97 Å². The van der Waals surface area contributed by atoms with Crippen molar-refractivity contribution >= 4 is 23.7 Å². The average molecular weight is 232 g/mol. The maximum Gasteiger partial charge on any atom is 0.0591 e. The van der Waals surface area contributed by atoms with Gasteiger partial charge in [0.25, 0.3) is 0 Å². The van der Waals surface area contributed by atoms with Crippen LogP contribution in [0.2, 0.25) is 0 Å². The monoisotopic (exact) mass is 232 g/mol. The SMILES string of the molecule is Sn1cc(C2CCNCC2)c2ccccc21. The Balaban J connectivity index is 2.08. The summed E-state index contributed by atoms with van der Waals surface area (Å²) in [5, 5.41) is 4.78. The van der Waals surface area contributed by atoms with Crippen molar-refractivity contribution < 1.29 is 0 Å². The van der Waals surface area contributed by atoms with Gasteiger partial charge in [0.15, 0.2) is 0 Å². The molecular formula is C13H16N2S. The van der Waals surface area contributed by atoms with Crippen molar-refractivity contribution in [1.82, 2.24) is 9.29 Å². The summed E-state index contributed by atoms with van der Waals surface area (Å²) in [6, 6.07) is 8.52. The first kappa shape index (κ1) is 10.2. The molecule has 1 N–H and O–H groups in total. The maximum absolute atomic E-state index is 4.49. The third kappa shape index (κ3) is 1.64. The molecule has 0 radical (unpaired) electrons. The molecule has 2 heterocycles. The number of rotatable bonds is 1. The lowest BCUT2D eigenvalue weighted by molar-refractivity contribution is 0.462. The molecule has 0 saturated carbocycles. The van der Waals surface area contributed by atoms with Crippen LogP contribution in [0.25, 0.3) is 10.9 Å². The molecule has 0 aliphatic carbocycles. The number of benzene rings is 1. The fraction of sp³-hybridized carbons (Fsp3) is 0.385. The van der Waals surface area contributed by atoms with Gasteiger partial charge in [-0.25, -0.2) is 0 Å². The molecule has 0 amide bonds. The molecule has 1 fully saturated rings. The van der Waals surface area contributed by atoms with Gasteiger partial charge in [0.2, 0.25) is 0 Å². The molecule has 2 nitrogen and oxygen atoms in total. The molecule has 1 aliphatic heterocycles. The molecular weight excluding hydrogens is 216 g/mol. The number of hydrogen-bond donors (Lipinski definition) is 2. The highest BCUT2D eigenvalue weighted by atomic mass is 32.1. The molecule has 0 bridgehead atoms. The van der Waals surface area contributed by atoms with Gasteiger partial charge < -0.3 is 5.32 Å². The predicted molar refractivity (Wildman–Crippen MR) is 71.2 cm³/mol. The zero-order chi connectivity index (χ0) is 11.0. The summed E-state index contributed by atoms with van der Waals surface area (Å²) in [5.41, 5.74) is 2.69. The van der Waals surface area contributed by atoms with Gasteiger partial charge in [0, 0.05) is 11.6 Å². The minimum absolute atomic E-state index is 0.694. The van der Waals surface area contributed by atoms with Gasteiger partial charge in [-0.05, 0) is 43.5 Å². The van der Waals surface area contributed by atoms with Crippen LogP contribution in [0.5, 0.6) is 0 Å². The number of piperidine rings is 1. The van der Waals surface area contributed by atoms with Crippen LogP contribution in [-0.2, 0) is 0 Å². The second-order valence-electron chi connectivity index (χ2n) is 4.47. The van der Waals surface area contributed by atoms with Gasteiger partial charge in [0.1, 0.15) is 0 Å². The summed E-state index contributed by atoms with van der Waals surface area (Å²) in [7, 11) is 0. The molecule has 1 aromatic carbocycles. The lowest BCUT2D eigenvalue weighted by atomic mass is 9.90. The molecule has 0 spiro atoms. The van der Waals surface area contributed by atoms with E-state index in [4.69, 9.17) is 0 Å². The van der Waals surface area contributed by atoms with Gasteiger partial charge >= 0.3 is 0 Å². The summed E-state index contributed by atoms with van der Waals surface area (Å²) in [6.45, 7) is 2.27. The van der Waals surface area contributed by atoms with Crippen LogP contribution < -0.4 is 5.32 Å². The van der Waals surface area contributed by atoms with Crippen molar-refractivity contribution in [2.24, 2.45) is 0 Å². The third-order valence-corrected chi connectivity index (χ3v) is 3.83. The Labute approximate surface area is 101 Å². The summed E-state index contributed by atoms with van der Waals surface area (Å²) in [4.78, 5) is 0. The topological polar surface area (TPSA) is 17.0 Å². The van der Waals surface area contributed by atoms with Crippen LogP contribution in [0.15, 0.2) is 30.5 Å². The number of fused-ring (bicyclic) bond motifs is 1. The first-order valence-corrected chi connectivity index (χ1v) is 6.26. The van der Waals surface area contributed by atoms with Gasteiger partial charge in [-0.1, -0.05) is 31.0 Å². The van der Waals surface area contributed by atoms with E-state index >= 15 is 0 Å². The quantitative estimate of drug-likeness (QED) is 0.723. The molecule has 0 atom stereocenters. The van der Waals surface area contributed by atoms with Crippen LogP contribution in [0.3, 0.4) is 0 Å². The van der Waals surface area contributed by atoms with Crippen LogP contribution >= 0.6 is 12.8 Å². The molecule has 1 saturated heterocycles. The van der Waals surface area contributed by atoms with Gasteiger partial charge in [0.05, 0.1) is 5.52 Å². The zero-order valence-corrected chi connectivity index (χ0v) is 10.1. The van der Waals surface area contributed by atoms with E-state index in [1.807, 2.05) is 3.97 Å². The zero-order valence-electron chi connectivity index (χ0n) is 9.19. The minimum atomic E-state index is 0.694. The Morgan fingerprint density at radius 1 is 1.19 bits per heavy atom. The Kier molecular flexibility index (Phi) is 2.65. The van der Waals surface area contributed by atoms with Crippen molar-refractivity contribution in [2.75, 3.05) is 13.1 Å². The Morgan fingerprint density at radius 2 is 1.94 bits per heavy atom. The normalized spacial score (nSPS) is 18.1. The van der Waals surface area contributed by atoms with Crippen LogP contribution in [-0.4, -0.2) is 17.1 Å². The highest BCUT2D eigenvalue weighted by Gasteiger charge is 2.19. The Hall–Kier alpha value is -0.930. The highest BCUT2D eigenvalue weighted by Crippen LogP contribution is 2.33. The second kappa shape index (κ2) is 4.15. The van der Waals surface area contributed by atoms with E-state index < -0.39 is 0 Å². The molecule has 16 heavy (non-hydrogen) atoms. The lowest BCUT2D eigenvalue weighted by Gasteiger charge is -2.22. The van der Waals surface area contributed by atoms with Crippen LogP contribution in [0, 0.1) is 0 Å². The maximum atomic E-state index is 4.49. The molecule has 2 aromatic rings. The second-order valence-corrected chi connectivity index (χ2v) is 4.90. The Bertz CT molecular complexity index is 498. The fourth-order valence-corrected chi connectivity index (χ4v) is 2.95. The third-order valence-electron chi connectivity index (χ3n) is 3.50. The van der Waals surface area contributed by atoms with Crippen molar-refractivity contribution in [2.45, 2.75) is 18.8 Å². The standard InChI is InChI=1S/C13H16N2S/c16-15-9-12(10-5-7-14-8-6-10)11-3-1-2-4-13(11)15/h1-4,9-10,14,16H,5-8H2. The minimum Gasteiger partial charge on any atom is -0.317 e. The van der Waals surface area contributed by atoms with E-state index in [1.54, 1.807) is 0 Å². The molecule has 1 aliphatic rings. The summed E-state index contributed by atoms with van der Waals surface area (Å²) in [5.74, 6) is 0.694. The largest absolute Gasteiger partial charge is 0.317 e. The number of thiol groups is 1. The molecule has 0 unspecified atom stereocenters. The van der Waals surface area contributed by atoms with Crippen LogP contribution in [0.1, 0.15) is 24.3 Å². The molecule has 84 valence electrons. The van der Waals surface area contributed by atoms with E-state index in [-0.39, 0.29) is 0 Å². The molecule has 3 heteroatoms. The number of hydrogen-bond acceptors (Lipinski definition) is 2. The van der Waals surface area contributed by atoms with E-state index in [0.29, 0.717) is 5.92 Å². The van der Waals surface area contributed by atoms with Crippen molar-refractivity contribution in [1.29, 1.82) is 0 Å². The summed E-state index contributed by atoms with van der Waals surface area (Å²) < 4.78 is 1.95. The smallest absolute Gasteiger partial charge is 0.0591 e. The number of para-hydroxylation sites is 1. The average Bonchev–Trinajstić information content (AvgIpc) is 2.69. The van der Waals surface area contributed by atoms with E-state index in [2.05, 4.69) is 48.6 Å². The van der Waals surface area contributed by atoms with Gasteiger partial charge in [-0.2, -0.15) is 0 Å². The first-order valence-electron chi connectivity index (χ1n) is 5.86. The number of nitrogens with zero attached hydrogens (tertiary/aromatic N) is 1.